The zero-order valence-electron chi connectivity index (χ0n) is 15.7. The van der Waals surface area contributed by atoms with Gasteiger partial charge in [-0.3, -0.25) is 4.98 Å². The molecule has 4 aromatic rings. The molecule has 0 saturated heterocycles. The third-order valence-corrected chi connectivity index (χ3v) is 6.22. The van der Waals surface area contributed by atoms with Gasteiger partial charge in [0.15, 0.2) is 0 Å². The molecule has 1 aliphatic rings. The third kappa shape index (κ3) is 2.91. The quantitative estimate of drug-likeness (QED) is 0.408. The van der Waals surface area contributed by atoms with Crippen LogP contribution in [0.4, 0.5) is 0 Å². The lowest BCUT2D eigenvalue weighted by molar-refractivity contribution is 0.316. The van der Waals surface area contributed by atoms with Crippen molar-refractivity contribution in [3.63, 3.8) is 0 Å². The molecule has 0 bridgehead atoms. The van der Waals surface area contributed by atoms with Crippen LogP contribution in [0, 0.1) is 5.92 Å². The van der Waals surface area contributed by atoms with Crippen molar-refractivity contribution in [1.29, 1.82) is 0 Å². The van der Waals surface area contributed by atoms with Crippen LogP contribution in [0.3, 0.4) is 0 Å². The Balaban J connectivity index is 1.59. The number of hydrogen-bond donors (Lipinski definition) is 0. The van der Waals surface area contributed by atoms with Gasteiger partial charge in [-0.2, -0.15) is 0 Å². The summed E-state index contributed by atoms with van der Waals surface area (Å²) in [5, 5.41) is 2.16. The zero-order valence-corrected chi connectivity index (χ0v) is 15.7. The lowest BCUT2D eigenvalue weighted by Gasteiger charge is -2.28. The van der Waals surface area contributed by atoms with Gasteiger partial charge in [0.2, 0.25) is 5.71 Å². The zero-order chi connectivity index (χ0) is 18.2. The van der Waals surface area contributed by atoms with Crippen molar-refractivity contribution in [1.82, 2.24) is 9.97 Å². The molecule has 0 aliphatic heterocycles. The molecule has 0 spiro atoms. The van der Waals surface area contributed by atoms with E-state index in [2.05, 4.69) is 53.3 Å². The third-order valence-electron chi connectivity index (χ3n) is 6.22. The summed E-state index contributed by atoms with van der Waals surface area (Å²) < 4.78 is 6.10. The number of fused-ring (bicyclic) bond motifs is 3. The van der Waals surface area contributed by atoms with Crippen LogP contribution in [0.1, 0.15) is 50.5 Å². The Labute approximate surface area is 159 Å². The number of furan rings is 1. The molecule has 1 atom stereocenters. The van der Waals surface area contributed by atoms with Crippen LogP contribution in [0.15, 0.2) is 59.3 Å². The first kappa shape index (κ1) is 16.5. The molecular weight excluding hydrogens is 332 g/mol. The van der Waals surface area contributed by atoms with Crippen molar-refractivity contribution in [2.75, 3.05) is 0 Å². The number of benzene rings is 1. The lowest BCUT2D eigenvalue weighted by Crippen LogP contribution is -2.14. The molecule has 1 fully saturated rings. The summed E-state index contributed by atoms with van der Waals surface area (Å²) in [6, 6.07) is 14.7. The maximum Gasteiger partial charge on any atom is 0.227 e. The Hall–Kier alpha value is -2.68. The molecule has 0 amide bonds. The number of para-hydroxylation sites is 1. The van der Waals surface area contributed by atoms with Gasteiger partial charge in [-0.05, 0) is 60.6 Å². The van der Waals surface area contributed by atoms with Crippen LogP contribution in [0.25, 0.3) is 33.3 Å². The van der Waals surface area contributed by atoms with Gasteiger partial charge in [-0.15, -0.1) is 0 Å². The van der Waals surface area contributed by atoms with Crippen LogP contribution < -0.4 is 0 Å². The Morgan fingerprint density at radius 1 is 0.926 bits per heavy atom. The van der Waals surface area contributed by atoms with Gasteiger partial charge in [-0.1, -0.05) is 38.3 Å². The molecule has 3 nitrogen and oxygen atoms in total. The van der Waals surface area contributed by atoms with Crippen molar-refractivity contribution in [2.24, 2.45) is 5.92 Å². The average molecular weight is 356 g/mol. The molecule has 1 unspecified atom stereocenters. The highest BCUT2D eigenvalue weighted by atomic mass is 16.3. The van der Waals surface area contributed by atoms with Gasteiger partial charge in [-0.25, -0.2) is 4.98 Å². The Kier molecular flexibility index (Phi) is 4.16. The average Bonchev–Trinajstić information content (AvgIpc) is 3.13. The van der Waals surface area contributed by atoms with E-state index in [0.29, 0.717) is 11.6 Å². The molecule has 0 N–H and O–H groups in total. The maximum atomic E-state index is 6.10. The van der Waals surface area contributed by atoms with E-state index >= 15 is 0 Å². The van der Waals surface area contributed by atoms with E-state index in [0.717, 1.165) is 33.5 Å². The summed E-state index contributed by atoms with van der Waals surface area (Å²) in [6.07, 6.45) is 10.6. The molecule has 3 aromatic heterocycles. The van der Waals surface area contributed by atoms with Crippen LogP contribution in [0.5, 0.6) is 0 Å². The van der Waals surface area contributed by atoms with Crippen molar-refractivity contribution in [3.8, 4) is 11.3 Å². The van der Waals surface area contributed by atoms with E-state index in [-0.39, 0.29) is 0 Å². The summed E-state index contributed by atoms with van der Waals surface area (Å²) in [6.45, 7) is 2.38. The van der Waals surface area contributed by atoms with E-state index in [4.69, 9.17) is 4.42 Å². The first-order valence-corrected chi connectivity index (χ1v) is 10.0. The first-order valence-electron chi connectivity index (χ1n) is 10.0. The summed E-state index contributed by atoms with van der Waals surface area (Å²) >= 11 is 0. The van der Waals surface area contributed by atoms with Crippen molar-refractivity contribution in [2.45, 2.75) is 44.9 Å². The minimum Gasteiger partial charge on any atom is -0.437 e. The molecule has 0 radical (unpaired) electrons. The standard InChI is InChI=1S/C24H24N2O/c1-16(17-7-3-2-4-8-17)18-12-14-25-22(15-18)21-10-5-9-19-20-11-6-13-26-24(20)27-23(19)21/h5-6,9-17H,2-4,7-8H2,1H3. The number of aromatic nitrogens is 2. The fourth-order valence-electron chi connectivity index (χ4n) is 4.62. The molecule has 3 heteroatoms. The summed E-state index contributed by atoms with van der Waals surface area (Å²) in [4.78, 5) is 9.05. The number of nitrogens with zero attached hydrogens (tertiary/aromatic N) is 2. The monoisotopic (exact) mass is 356 g/mol. The lowest BCUT2D eigenvalue weighted by atomic mass is 9.78. The highest BCUT2D eigenvalue weighted by Gasteiger charge is 2.22. The Morgan fingerprint density at radius 3 is 2.67 bits per heavy atom. The summed E-state index contributed by atoms with van der Waals surface area (Å²) in [5.74, 6) is 1.36. The van der Waals surface area contributed by atoms with Crippen LogP contribution in [-0.2, 0) is 0 Å². The Morgan fingerprint density at radius 2 is 1.78 bits per heavy atom. The van der Waals surface area contributed by atoms with Gasteiger partial charge >= 0.3 is 0 Å². The molecule has 27 heavy (non-hydrogen) atoms. The van der Waals surface area contributed by atoms with E-state index in [1.54, 1.807) is 6.20 Å². The van der Waals surface area contributed by atoms with Crippen molar-refractivity contribution < 1.29 is 4.42 Å². The molecule has 136 valence electrons. The van der Waals surface area contributed by atoms with Gasteiger partial charge in [0.05, 0.1) is 5.69 Å². The van der Waals surface area contributed by atoms with E-state index < -0.39 is 0 Å². The largest absolute Gasteiger partial charge is 0.437 e. The molecule has 1 aliphatic carbocycles. The predicted molar refractivity (Wildman–Crippen MR) is 110 cm³/mol. The highest BCUT2D eigenvalue weighted by Crippen LogP contribution is 2.38. The van der Waals surface area contributed by atoms with Crippen LogP contribution in [-0.4, -0.2) is 9.97 Å². The fourth-order valence-corrected chi connectivity index (χ4v) is 4.62. The van der Waals surface area contributed by atoms with Crippen molar-refractivity contribution >= 4 is 22.1 Å². The Bertz CT molecular complexity index is 1090. The van der Waals surface area contributed by atoms with Gasteiger partial charge in [0, 0.05) is 28.7 Å². The molecule has 1 saturated carbocycles. The highest BCUT2D eigenvalue weighted by molar-refractivity contribution is 6.08. The molecule has 3 heterocycles. The number of hydrogen-bond acceptors (Lipinski definition) is 3. The SMILES string of the molecule is CC(c1ccnc(-c2cccc3c2oc2ncccc23)c1)C1CCCCC1. The van der Waals surface area contributed by atoms with Gasteiger partial charge < -0.3 is 4.42 Å². The smallest absolute Gasteiger partial charge is 0.227 e. The van der Waals surface area contributed by atoms with E-state index in [1.807, 2.05) is 12.3 Å². The predicted octanol–water partition coefficient (Wildman–Crippen LogP) is 6.73. The molecule has 1 aromatic carbocycles. The minimum absolute atomic E-state index is 0.573. The van der Waals surface area contributed by atoms with E-state index in [1.165, 1.54) is 37.7 Å². The van der Waals surface area contributed by atoms with Gasteiger partial charge in [0.1, 0.15) is 5.58 Å². The second kappa shape index (κ2) is 6.80. The van der Waals surface area contributed by atoms with Crippen LogP contribution in [0.2, 0.25) is 0 Å². The molecule has 5 rings (SSSR count). The van der Waals surface area contributed by atoms with E-state index in [9.17, 15) is 0 Å². The molecular formula is C24H24N2O. The first-order chi connectivity index (χ1) is 13.3. The second-order valence-corrected chi connectivity index (χ2v) is 7.80. The van der Waals surface area contributed by atoms with Crippen LogP contribution >= 0.6 is 0 Å². The second-order valence-electron chi connectivity index (χ2n) is 7.80. The summed E-state index contributed by atoms with van der Waals surface area (Å²) in [5.41, 5.74) is 4.98. The topological polar surface area (TPSA) is 38.9 Å². The normalized spacial score (nSPS) is 16.8. The minimum atomic E-state index is 0.573. The maximum absolute atomic E-state index is 6.10. The summed E-state index contributed by atoms with van der Waals surface area (Å²) in [7, 11) is 0. The van der Waals surface area contributed by atoms with Gasteiger partial charge in [0.25, 0.3) is 0 Å². The van der Waals surface area contributed by atoms with Crippen molar-refractivity contribution in [3.05, 3.63) is 60.4 Å². The fraction of sp³-hybridized carbons (Fsp3) is 0.333. The number of pyridine rings is 2. The number of rotatable bonds is 3.